The fraction of sp³-hybridized carbons (Fsp3) is 0.304. The number of nitrogens with one attached hydrogen (secondary N) is 1. The summed E-state index contributed by atoms with van der Waals surface area (Å²) in [7, 11) is 0. The van der Waals surface area contributed by atoms with Gasteiger partial charge in [0.2, 0.25) is 5.95 Å². The molecular weight excluding hydrogens is 346 g/mol. The third kappa shape index (κ3) is 4.87. The van der Waals surface area contributed by atoms with Crippen molar-refractivity contribution in [1.29, 1.82) is 0 Å². The van der Waals surface area contributed by atoms with Crippen molar-refractivity contribution in [3.05, 3.63) is 83.6 Å². The van der Waals surface area contributed by atoms with E-state index in [4.69, 9.17) is 4.98 Å². The van der Waals surface area contributed by atoms with Crippen LogP contribution in [0, 0.1) is 6.92 Å². The third-order valence-electron chi connectivity index (χ3n) is 5.12. The maximum absolute atomic E-state index is 4.73. The minimum atomic E-state index is 0.686. The predicted molar refractivity (Wildman–Crippen MR) is 114 cm³/mol. The highest BCUT2D eigenvalue weighted by Crippen LogP contribution is 2.16. The lowest BCUT2D eigenvalue weighted by molar-refractivity contribution is 0.249. The van der Waals surface area contributed by atoms with Gasteiger partial charge in [0.15, 0.2) is 0 Å². The summed E-state index contributed by atoms with van der Waals surface area (Å²) < 4.78 is 0. The molecule has 28 heavy (non-hydrogen) atoms. The van der Waals surface area contributed by atoms with Crippen LogP contribution in [0.2, 0.25) is 0 Å². The molecule has 1 aromatic heterocycles. The van der Waals surface area contributed by atoms with E-state index in [1.54, 1.807) is 0 Å². The van der Waals surface area contributed by atoms with Crippen LogP contribution in [0.3, 0.4) is 0 Å². The van der Waals surface area contributed by atoms with Gasteiger partial charge >= 0.3 is 0 Å². The molecular formula is C23H27N5. The second kappa shape index (κ2) is 8.85. The van der Waals surface area contributed by atoms with Crippen LogP contribution in [-0.4, -0.2) is 41.0 Å². The summed E-state index contributed by atoms with van der Waals surface area (Å²) in [6.45, 7) is 7.92. The van der Waals surface area contributed by atoms with E-state index in [1.165, 1.54) is 16.7 Å². The fourth-order valence-corrected chi connectivity index (χ4v) is 3.59. The molecule has 144 valence electrons. The molecule has 0 atom stereocenters. The van der Waals surface area contributed by atoms with Crippen LogP contribution in [0.25, 0.3) is 0 Å². The van der Waals surface area contributed by atoms with E-state index in [9.17, 15) is 0 Å². The number of aromatic nitrogens is 2. The van der Waals surface area contributed by atoms with Crippen LogP contribution in [0.1, 0.15) is 16.7 Å². The van der Waals surface area contributed by atoms with Gasteiger partial charge < -0.3 is 10.2 Å². The minimum Gasteiger partial charge on any atom is -0.354 e. The molecule has 0 radical (unpaired) electrons. The topological polar surface area (TPSA) is 44.3 Å². The van der Waals surface area contributed by atoms with E-state index in [0.29, 0.717) is 5.95 Å². The molecule has 3 aromatic rings. The molecule has 2 aromatic carbocycles. The van der Waals surface area contributed by atoms with Crippen molar-refractivity contribution in [3.63, 3.8) is 0 Å². The number of nitrogens with zero attached hydrogens (tertiary/aromatic N) is 4. The first-order valence-corrected chi connectivity index (χ1v) is 9.90. The average Bonchev–Trinajstić information content (AvgIpc) is 2.74. The smallest absolute Gasteiger partial charge is 0.224 e. The number of rotatable bonds is 6. The Balaban J connectivity index is 1.32. The van der Waals surface area contributed by atoms with Crippen LogP contribution >= 0.6 is 0 Å². The molecule has 0 spiro atoms. The molecule has 0 amide bonds. The summed E-state index contributed by atoms with van der Waals surface area (Å²) >= 11 is 0. The number of hydrogen-bond acceptors (Lipinski definition) is 5. The zero-order chi connectivity index (χ0) is 19.2. The summed E-state index contributed by atoms with van der Waals surface area (Å²) in [4.78, 5) is 14.0. The van der Waals surface area contributed by atoms with Crippen LogP contribution < -0.4 is 10.2 Å². The predicted octanol–water partition coefficient (Wildman–Crippen LogP) is 3.72. The summed E-state index contributed by atoms with van der Waals surface area (Å²) in [6.07, 6.45) is 1.84. The van der Waals surface area contributed by atoms with Gasteiger partial charge in [-0.05, 0) is 24.1 Å². The molecule has 1 N–H and O–H groups in total. The lowest BCUT2D eigenvalue weighted by Crippen LogP contribution is -2.46. The molecule has 5 nitrogen and oxygen atoms in total. The lowest BCUT2D eigenvalue weighted by atomic mass is 10.1. The van der Waals surface area contributed by atoms with Crippen molar-refractivity contribution in [2.75, 3.05) is 36.4 Å². The highest BCUT2D eigenvalue weighted by atomic mass is 15.3. The van der Waals surface area contributed by atoms with E-state index >= 15 is 0 Å². The van der Waals surface area contributed by atoms with Crippen molar-refractivity contribution in [1.82, 2.24) is 14.9 Å². The van der Waals surface area contributed by atoms with Gasteiger partial charge in [-0.2, -0.15) is 4.98 Å². The first kappa shape index (κ1) is 18.4. The Morgan fingerprint density at radius 1 is 0.893 bits per heavy atom. The molecule has 0 bridgehead atoms. The molecule has 1 saturated heterocycles. The lowest BCUT2D eigenvalue weighted by Gasteiger charge is -2.35. The van der Waals surface area contributed by atoms with Crippen LogP contribution in [0.4, 0.5) is 11.8 Å². The van der Waals surface area contributed by atoms with Gasteiger partial charge in [0.1, 0.15) is 5.82 Å². The number of benzene rings is 2. The Kier molecular flexibility index (Phi) is 5.83. The van der Waals surface area contributed by atoms with Gasteiger partial charge in [0, 0.05) is 45.5 Å². The highest BCUT2D eigenvalue weighted by Gasteiger charge is 2.18. The molecule has 1 fully saturated rings. The van der Waals surface area contributed by atoms with Crippen molar-refractivity contribution in [3.8, 4) is 0 Å². The number of anilines is 2. The Morgan fingerprint density at radius 2 is 1.68 bits per heavy atom. The Labute approximate surface area is 167 Å². The summed E-state index contributed by atoms with van der Waals surface area (Å²) in [5.41, 5.74) is 3.88. The quantitative estimate of drug-likeness (QED) is 0.713. The molecule has 5 heteroatoms. The zero-order valence-electron chi connectivity index (χ0n) is 16.4. The number of aryl methyl sites for hydroxylation is 1. The Bertz CT molecular complexity index is 888. The number of hydrogen-bond donors (Lipinski definition) is 1. The molecule has 0 saturated carbocycles. The third-order valence-corrected chi connectivity index (χ3v) is 5.12. The largest absolute Gasteiger partial charge is 0.354 e. The van der Waals surface area contributed by atoms with E-state index in [-0.39, 0.29) is 0 Å². The Morgan fingerprint density at radius 3 is 2.46 bits per heavy atom. The summed E-state index contributed by atoms with van der Waals surface area (Å²) in [6, 6.07) is 21.2. The van der Waals surface area contributed by atoms with E-state index in [0.717, 1.165) is 45.1 Å². The first-order chi connectivity index (χ1) is 13.8. The van der Waals surface area contributed by atoms with Crippen LogP contribution in [0.15, 0.2) is 66.9 Å². The summed E-state index contributed by atoms with van der Waals surface area (Å²) in [5.74, 6) is 1.69. The van der Waals surface area contributed by atoms with E-state index in [2.05, 4.69) is 81.6 Å². The average molecular weight is 374 g/mol. The van der Waals surface area contributed by atoms with Crippen molar-refractivity contribution < 1.29 is 0 Å². The van der Waals surface area contributed by atoms with Gasteiger partial charge in [0.05, 0.1) is 0 Å². The first-order valence-electron chi connectivity index (χ1n) is 9.90. The van der Waals surface area contributed by atoms with Gasteiger partial charge in [-0.15, -0.1) is 0 Å². The molecule has 0 aliphatic carbocycles. The van der Waals surface area contributed by atoms with Crippen molar-refractivity contribution in [2.45, 2.75) is 20.0 Å². The SMILES string of the molecule is Cc1cccc(CNc2nccc(N3CCN(Cc4ccccc4)CC3)n2)c1. The number of piperazine rings is 1. The van der Waals surface area contributed by atoms with E-state index in [1.807, 2.05) is 12.3 Å². The van der Waals surface area contributed by atoms with Gasteiger partial charge in [-0.3, -0.25) is 4.90 Å². The molecule has 0 unspecified atom stereocenters. The van der Waals surface area contributed by atoms with Gasteiger partial charge in [-0.25, -0.2) is 4.98 Å². The Hall–Kier alpha value is -2.92. The second-order valence-electron chi connectivity index (χ2n) is 7.33. The maximum Gasteiger partial charge on any atom is 0.224 e. The second-order valence-corrected chi connectivity index (χ2v) is 7.33. The molecule has 2 heterocycles. The zero-order valence-corrected chi connectivity index (χ0v) is 16.4. The molecule has 1 aliphatic rings. The normalized spacial score (nSPS) is 14.8. The van der Waals surface area contributed by atoms with Crippen LogP contribution in [0.5, 0.6) is 0 Å². The van der Waals surface area contributed by atoms with Crippen LogP contribution in [-0.2, 0) is 13.1 Å². The molecule has 1 aliphatic heterocycles. The van der Waals surface area contributed by atoms with Gasteiger partial charge in [-0.1, -0.05) is 60.2 Å². The minimum absolute atomic E-state index is 0.686. The van der Waals surface area contributed by atoms with Crippen molar-refractivity contribution >= 4 is 11.8 Å². The highest BCUT2D eigenvalue weighted by molar-refractivity contribution is 5.43. The summed E-state index contributed by atoms with van der Waals surface area (Å²) in [5, 5.41) is 3.35. The van der Waals surface area contributed by atoms with Crippen molar-refractivity contribution in [2.24, 2.45) is 0 Å². The maximum atomic E-state index is 4.73. The monoisotopic (exact) mass is 373 g/mol. The fourth-order valence-electron chi connectivity index (χ4n) is 3.59. The van der Waals surface area contributed by atoms with Gasteiger partial charge in [0.25, 0.3) is 0 Å². The van der Waals surface area contributed by atoms with E-state index < -0.39 is 0 Å². The molecule has 4 rings (SSSR count). The standard InChI is InChI=1S/C23H27N5/c1-19-6-5-9-21(16-19)17-25-23-24-11-10-22(26-23)28-14-12-27(13-15-28)18-20-7-3-2-4-8-20/h2-11,16H,12-15,17-18H2,1H3,(H,24,25,26).